The van der Waals surface area contributed by atoms with Crippen molar-refractivity contribution in [3.8, 4) is 0 Å². The third-order valence-corrected chi connectivity index (χ3v) is 5.88. The molecule has 168 valence electrons. The number of anilines is 1. The van der Waals surface area contributed by atoms with Crippen molar-refractivity contribution in [2.45, 2.75) is 26.3 Å². The summed E-state index contributed by atoms with van der Waals surface area (Å²) in [6, 6.07) is 15.6. The minimum Gasteiger partial charge on any atom is -0.348 e. The number of carbonyl (C=O) groups is 2. The molecule has 0 saturated carbocycles. The Bertz CT molecular complexity index is 987. The highest BCUT2D eigenvalue weighted by Gasteiger charge is 2.23. The molecule has 0 heterocycles. The number of hydrogen-bond donors (Lipinski definition) is 1. The van der Waals surface area contributed by atoms with Crippen molar-refractivity contribution in [1.82, 2.24) is 10.2 Å². The SMILES string of the molecule is CC(C)CC(NC(=O)CN(c1ccc(C(=O)N(C)C)cc1)S(C)(=O)=O)c1ccccc1. The molecule has 0 radical (unpaired) electrons. The number of nitrogens with one attached hydrogen (secondary N) is 1. The van der Waals surface area contributed by atoms with Gasteiger partial charge in [-0.25, -0.2) is 8.42 Å². The molecule has 0 aliphatic rings. The Kier molecular flexibility index (Phi) is 8.21. The number of benzene rings is 2. The van der Waals surface area contributed by atoms with E-state index in [9.17, 15) is 18.0 Å². The number of amides is 2. The van der Waals surface area contributed by atoms with Gasteiger partial charge in [0, 0.05) is 19.7 Å². The molecule has 0 bridgehead atoms. The third-order valence-electron chi connectivity index (χ3n) is 4.74. The molecule has 0 fully saturated rings. The Morgan fingerprint density at radius 3 is 2.03 bits per heavy atom. The predicted molar refractivity (Wildman–Crippen MR) is 123 cm³/mol. The summed E-state index contributed by atoms with van der Waals surface area (Å²) >= 11 is 0. The van der Waals surface area contributed by atoms with Crippen LogP contribution in [0, 0.1) is 5.92 Å². The molecule has 2 amide bonds. The first-order valence-electron chi connectivity index (χ1n) is 10.1. The smallest absolute Gasteiger partial charge is 0.253 e. The molecule has 2 aromatic carbocycles. The summed E-state index contributed by atoms with van der Waals surface area (Å²) < 4.78 is 25.8. The molecule has 8 heteroatoms. The maximum atomic E-state index is 12.8. The summed E-state index contributed by atoms with van der Waals surface area (Å²) in [5.41, 5.74) is 1.74. The van der Waals surface area contributed by atoms with Gasteiger partial charge in [0.15, 0.2) is 0 Å². The molecule has 1 atom stereocenters. The van der Waals surface area contributed by atoms with Gasteiger partial charge in [0.2, 0.25) is 15.9 Å². The Morgan fingerprint density at radius 2 is 1.55 bits per heavy atom. The summed E-state index contributed by atoms with van der Waals surface area (Å²) in [5.74, 6) is -0.235. The van der Waals surface area contributed by atoms with Gasteiger partial charge >= 0.3 is 0 Å². The average Bonchev–Trinajstić information content (AvgIpc) is 2.70. The zero-order chi connectivity index (χ0) is 23.2. The first kappa shape index (κ1) is 24.4. The van der Waals surface area contributed by atoms with Gasteiger partial charge in [0.25, 0.3) is 5.91 Å². The highest BCUT2D eigenvalue weighted by molar-refractivity contribution is 7.92. The van der Waals surface area contributed by atoms with Gasteiger partial charge in [-0.2, -0.15) is 0 Å². The standard InChI is InChI=1S/C23H31N3O4S/c1-17(2)15-21(18-9-7-6-8-10-18)24-22(27)16-26(31(5,29)30)20-13-11-19(12-14-20)23(28)25(3)4/h6-14,17,21H,15-16H2,1-5H3,(H,24,27). The summed E-state index contributed by atoms with van der Waals surface area (Å²) in [4.78, 5) is 26.3. The van der Waals surface area contributed by atoms with Crippen LogP contribution in [0.15, 0.2) is 54.6 Å². The number of sulfonamides is 1. The van der Waals surface area contributed by atoms with E-state index < -0.39 is 15.9 Å². The molecule has 0 aromatic heterocycles. The van der Waals surface area contributed by atoms with E-state index in [2.05, 4.69) is 19.2 Å². The third kappa shape index (κ3) is 7.10. The molecule has 1 unspecified atom stereocenters. The van der Waals surface area contributed by atoms with E-state index >= 15 is 0 Å². The van der Waals surface area contributed by atoms with Gasteiger partial charge in [-0.3, -0.25) is 13.9 Å². The molecule has 2 rings (SSSR count). The van der Waals surface area contributed by atoms with Crippen molar-refractivity contribution in [3.05, 3.63) is 65.7 Å². The lowest BCUT2D eigenvalue weighted by molar-refractivity contribution is -0.120. The number of rotatable bonds is 9. The second-order valence-electron chi connectivity index (χ2n) is 8.18. The molecule has 31 heavy (non-hydrogen) atoms. The van der Waals surface area contributed by atoms with Crippen molar-refractivity contribution in [1.29, 1.82) is 0 Å². The first-order valence-corrected chi connectivity index (χ1v) is 12.0. The molecule has 2 aromatic rings. The molecule has 0 aliphatic heterocycles. The van der Waals surface area contributed by atoms with E-state index in [0.717, 1.165) is 22.5 Å². The van der Waals surface area contributed by atoms with Crippen molar-refractivity contribution < 1.29 is 18.0 Å². The fourth-order valence-electron chi connectivity index (χ4n) is 3.23. The van der Waals surface area contributed by atoms with Crippen LogP contribution < -0.4 is 9.62 Å². The van der Waals surface area contributed by atoms with E-state index in [4.69, 9.17) is 0 Å². The minimum atomic E-state index is -3.71. The van der Waals surface area contributed by atoms with E-state index in [1.165, 1.54) is 17.0 Å². The monoisotopic (exact) mass is 445 g/mol. The van der Waals surface area contributed by atoms with Crippen LogP contribution in [0.1, 0.15) is 42.2 Å². The van der Waals surface area contributed by atoms with Gasteiger partial charge in [-0.05, 0) is 42.2 Å². The Balaban J connectivity index is 2.22. The van der Waals surface area contributed by atoms with Gasteiger partial charge in [0.05, 0.1) is 18.0 Å². The van der Waals surface area contributed by atoms with Crippen LogP contribution in [0.3, 0.4) is 0 Å². The Hall–Kier alpha value is -2.87. The van der Waals surface area contributed by atoms with Crippen LogP contribution in [0.4, 0.5) is 5.69 Å². The highest BCUT2D eigenvalue weighted by Crippen LogP contribution is 2.22. The predicted octanol–water partition coefficient (Wildman–Crippen LogP) is 3.06. The summed E-state index contributed by atoms with van der Waals surface area (Å²) in [6.45, 7) is 3.80. The second-order valence-corrected chi connectivity index (χ2v) is 10.1. The molecular formula is C23H31N3O4S. The van der Waals surface area contributed by atoms with Crippen molar-refractivity contribution in [2.75, 3.05) is 31.2 Å². The molecule has 0 spiro atoms. The normalized spacial score (nSPS) is 12.3. The van der Waals surface area contributed by atoms with Gasteiger partial charge in [0.1, 0.15) is 6.54 Å². The van der Waals surface area contributed by atoms with Crippen molar-refractivity contribution in [2.24, 2.45) is 5.92 Å². The van der Waals surface area contributed by atoms with Gasteiger partial charge in [-0.1, -0.05) is 44.2 Å². The summed E-state index contributed by atoms with van der Waals surface area (Å²) in [5, 5.41) is 2.98. The number of nitrogens with zero attached hydrogens (tertiary/aromatic N) is 2. The van der Waals surface area contributed by atoms with Crippen LogP contribution in [-0.2, 0) is 14.8 Å². The highest BCUT2D eigenvalue weighted by atomic mass is 32.2. The fraction of sp³-hybridized carbons (Fsp3) is 0.391. The fourth-order valence-corrected chi connectivity index (χ4v) is 4.09. The molecular weight excluding hydrogens is 414 g/mol. The molecule has 1 N–H and O–H groups in total. The Labute approximate surface area is 185 Å². The average molecular weight is 446 g/mol. The van der Waals surface area contributed by atoms with E-state index in [1.54, 1.807) is 26.2 Å². The van der Waals surface area contributed by atoms with E-state index in [1.807, 2.05) is 30.3 Å². The lowest BCUT2D eigenvalue weighted by atomic mass is 9.97. The topological polar surface area (TPSA) is 86.8 Å². The largest absolute Gasteiger partial charge is 0.348 e. The number of carbonyl (C=O) groups excluding carboxylic acids is 2. The zero-order valence-corrected chi connectivity index (χ0v) is 19.5. The van der Waals surface area contributed by atoms with Crippen molar-refractivity contribution >= 4 is 27.5 Å². The van der Waals surface area contributed by atoms with Crippen molar-refractivity contribution in [3.63, 3.8) is 0 Å². The van der Waals surface area contributed by atoms with Crippen LogP contribution in [-0.4, -0.2) is 52.0 Å². The second kappa shape index (κ2) is 10.4. The van der Waals surface area contributed by atoms with E-state index in [-0.39, 0.29) is 18.5 Å². The van der Waals surface area contributed by atoms with Gasteiger partial charge < -0.3 is 10.2 Å². The Morgan fingerprint density at radius 1 is 0.968 bits per heavy atom. The maximum Gasteiger partial charge on any atom is 0.253 e. The van der Waals surface area contributed by atoms with Crippen LogP contribution >= 0.6 is 0 Å². The maximum absolute atomic E-state index is 12.8. The minimum absolute atomic E-state index is 0.186. The van der Waals surface area contributed by atoms with Crippen LogP contribution in [0.2, 0.25) is 0 Å². The number of hydrogen-bond acceptors (Lipinski definition) is 4. The summed E-state index contributed by atoms with van der Waals surface area (Å²) in [7, 11) is -0.424. The lowest BCUT2D eigenvalue weighted by Gasteiger charge is -2.25. The quantitative estimate of drug-likeness (QED) is 0.643. The lowest BCUT2D eigenvalue weighted by Crippen LogP contribution is -2.41. The van der Waals surface area contributed by atoms with Crippen LogP contribution in [0.5, 0.6) is 0 Å². The molecule has 0 aliphatic carbocycles. The van der Waals surface area contributed by atoms with Gasteiger partial charge in [-0.15, -0.1) is 0 Å². The molecule has 0 saturated heterocycles. The van der Waals surface area contributed by atoms with Crippen LogP contribution in [0.25, 0.3) is 0 Å². The molecule has 7 nitrogen and oxygen atoms in total. The first-order chi connectivity index (χ1) is 14.5. The zero-order valence-electron chi connectivity index (χ0n) is 18.7. The summed E-state index contributed by atoms with van der Waals surface area (Å²) in [6.07, 6.45) is 1.79. The van der Waals surface area contributed by atoms with E-state index in [0.29, 0.717) is 17.2 Å².